The van der Waals surface area contributed by atoms with Gasteiger partial charge in [0.25, 0.3) is 0 Å². The molecule has 0 radical (unpaired) electrons. The maximum atomic E-state index is 4.19. The number of benzene rings is 1. The smallest absolute Gasteiger partial charge is 0.0346 e. The lowest BCUT2D eigenvalue weighted by Gasteiger charge is -2.15. The Bertz CT molecular complexity index is 526. The molecule has 1 aliphatic carbocycles. The molecule has 2 aromatic rings. The molecule has 3 rings (SSSR count). The van der Waals surface area contributed by atoms with Gasteiger partial charge in [-0.05, 0) is 55.7 Å². The molecule has 94 valence electrons. The molecular weight excluding hydrogens is 220 g/mol. The van der Waals surface area contributed by atoms with Gasteiger partial charge in [-0.3, -0.25) is 4.98 Å². The molecule has 1 fully saturated rings. The number of fused-ring (bicyclic) bond motifs is 1. The number of nitrogens with zero attached hydrogens (tertiary/aromatic N) is 1. The monoisotopic (exact) mass is 240 g/mol. The van der Waals surface area contributed by atoms with E-state index < -0.39 is 0 Å². The van der Waals surface area contributed by atoms with Gasteiger partial charge in [0.05, 0.1) is 0 Å². The van der Waals surface area contributed by atoms with Crippen molar-refractivity contribution in [1.29, 1.82) is 0 Å². The molecule has 1 aliphatic rings. The van der Waals surface area contributed by atoms with Crippen LogP contribution in [0.15, 0.2) is 36.7 Å². The lowest BCUT2D eigenvalue weighted by molar-refractivity contribution is 0.471. The second-order valence-corrected chi connectivity index (χ2v) is 5.29. The van der Waals surface area contributed by atoms with Crippen LogP contribution in [0.1, 0.15) is 24.8 Å². The molecule has 1 atom stereocenters. The molecule has 1 unspecified atom stereocenters. The molecule has 1 saturated carbocycles. The van der Waals surface area contributed by atoms with Gasteiger partial charge in [0.1, 0.15) is 0 Å². The lowest BCUT2D eigenvalue weighted by Crippen LogP contribution is -2.27. The van der Waals surface area contributed by atoms with Crippen molar-refractivity contribution in [2.75, 3.05) is 7.05 Å². The fourth-order valence-electron chi connectivity index (χ4n) is 2.83. The van der Waals surface area contributed by atoms with Gasteiger partial charge >= 0.3 is 0 Å². The maximum absolute atomic E-state index is 4.19. The lowest BCUT2D eigenvalue weighted by atomic mass is 9.98. The fourth-order valence-corrected chi connectivity index (χ4v) is 2.83. The van der Waals surface area contributed by atoms with Crippen LogP contribution in [0.4, 0.5) is 0 Å². The highest BCUT2D eigenvalue weighted by Crippen LogP contribution is 2.34. The molecule has 0 aliphatic heterocycles. The van der Waals surface area contributed by atoms with Crippen LogP contribution in [0.3, 0.4) is 0 Å². The second kappa shape index (κ2) is 5.07. The van der Waals surface area contributed by atoms with Gasteiger partial charge in [-0.1, -0.05) is 18.2 Å². The minimum Gasteiger partial charge on any atom is -0.317 e. The van der Waals surface area contributed by atoms with Crippen LogP contribution >= 0.6 is 0 Å². The fraction of sp³-hybridized carbons (Fsp3) is 0.438. The van der Waals surface area contributed by atoms with Crippen molar-refractivity contribution < 1.29 is 0 Å². The summed E-state index contributed by atoms with van der Waals surface area (Å²) < 4.78 is 0. The Balaban J connectivity index is 1.77. The third-order valence-corrected chi connectivity index (χ3v) is 4.06. The summed E-state index contributed by atoms with van der Waals surface area (Å²) in [5, 5.41) is 6.08. The molecule has 18 heavy (non-hydrogen) atoms. The van der Waals surface area contributed by atoms with Crippen molar-refractivity contribution in [3.8, 4) is 0 Å². The maximum Gasteiger partial charge on any atom is 0.0346 e. The van der Waals surface area contributed by atoms with Gasteiger partial charge < -0.3 is 5.32 Å². The molecular formula is C16H20N2. The van der Waals surface area contributed by atoms with Gasteiger partial charge in [-0.15, -0.1) is 0 Å². The molecule has 0 saturated heterocycles. The first-order valence-electron chi connectivity index (χ1n) is 6.87. The Morgan fingerprint density at radius 3 is 3.00 bits per heavy atom. The Morgan fingerprint density at radius 2 is 2.22 bits per heavy atom. The van der Waals surface area contributed by atoms with E-state index in [0.29, 0.717) is 6.04 Å². The molecule has 2 nitrogen and oxygen atoms in total. The number of hydrogen-bond donors (Lipinski definition) is 1. The zero-order valence-electron chi connectivity index (χ0n) is 10.9. The van der Waals surface area contributed by atoms with Crippen LogP contribution in [-0.4, -0.2) is 18.1 Å². The number of hydrogen-bond acceptors (Lipinski definition) is 2. The standard InChI is InChI=1S/C16H20N2/c1-17-16(13-5-6-13)8-7-12-3-2-4-14-11-18-10-9-15(12)14/h2-4,9-11,13,16-17H,5-8H2,1H3. The Labute approximate surface area is 108 Å². The number of rotatable bonds is 5. The first-order chi connectivity index (χ1) is 8.88. The first-order valence-corrected chi connectivity index (χ1v) is 6.87. The topological polar surface area (TPSA) is 24.9 Å². The average Bonchev–Trinajstić information content (AvgIpc) is 3.24. The summed E-state index contributed by atoms with van der Waals surface area (Å²) in [6, 6.07) is 9.37. The summed E-state index contributed by atoms with van der Waals surface area (Å²) >= 11 is 0. The van der Waals surface area contributed by atoms with Gasteiger partial charge in [0, 0.05) is 23.8 Å². The number of nitrogens with one attached hydrogen (secondary N) is 1. The molecule has 2 heteroatoms. The zero-order valence-corrected chi connectivity index (χ0v) is 10.9. The highest BCUT2D eigenvalue weighted by molar-refractivity contribution is 5.84. The molecule has 0 bridgehead atoms. The van der Waals surface area contributed by atoms with E-state index in [1.54, 1.807) is 0 Å². The summed E-state index contributed by atoms with van der Waals surface area (Å²) in [4.78, 5) is 4.19. The summed E-state index contributed by atoms with van der Waals surface area (Å²) in [5.74, 6) is 0.923. The van der Waals surface area contributed by atoms with Crippen LogP contribution in [0.5, 0.6) is 0 Å². The minimum absolute atomic E-state index is 0.696. The number of aryl methyl sites for hydroxylation is 1. The van der Waals surface area contributed by atoms with Crippen molar-refractivity contribution in [3.63, 3.8) is 0 Å². The quantitative estimate of drug-likeness (QED) is 0.868. The van der Waals surface area contributed by atoms with Crippen molar-refractivity contribution in [2.24, 2.45) is 5.92 Å². The van der Waals surface area contributed by atoms with E-state index in [9.17, 15) is 0 Å². The first kappa shape index (κ1) is 11.7. The Morgan fingerprint density at radius 1 is 1.33 bits per heavy atom. The second-order valence-electron chi connectivity index (χ2n) is 5.29. The highest BCUT2D eigenvalue weighted by atomic mass is 14.9. The molecule has 0 amide bonds. The van der Waals surface area contributed by atoms with Crippen LogP contribution in [0, 0.1) is 5.92 Å². The largest absolute Gasteiger partial charge is 0.317 e. The summed E-state index contributed by atoms with van der Waals surface area (Å²) in [7, 11) is 2.09. The van der Waals surface area contributed by atoms with E-state index >= 15 is 0 Å². The third kappa shape index (κ3) is 2.39. The van der Waals surface area contributed by atoms with E-state index in [0.717, 1.165) is 12.3 Å². The molecule has 1 aromatic carbocycles. The summed E-state index contributed by atoms with van der Waals surface area (Å²) in [6.45, 7) is 0. The van der Waals surface area contributed by atoms with Gasteiger partial charge in [-0.2, -0.15) is 0 Å². The normalized spacial score (nSPS) is 16.9. The van der Waals surface area contributed by atoms with E-state index in [1.165, 1.54) is 35.6 Å². The molecule has 1 heterocycles. The number of pyridine rings is 1. The minimum atomic E-state index is 0.696. The Kier molecular flexibility index (Phi) is 3.28. The van der Waals surface area contributed by atoms with E-state index in [-0.39, 0.29) is 0 Å². The van der Waals surface area contributed by atoms with Crippen LogP contribution in [0.25, 0.3) is 10.8 Å². The van der Waals surface area contributed by atoms with Crippen LogP contribution < -0.4 is 5.32 Å². The molecule has 1 aromatic heterocycles. The van der Waals surface area contributed by atoms with E-state index in [2.05, 4.69) is 41.6 Å². The average molecular weight is 240 g/mol. The Hall–Kier alpha value is -1.41. The van der Waals surface area contributed by atoms with Gasteiger partial charge in [0.2, 0.25) is 0 Å². The van der Waals surface area contributed by atoms with Crippen LogP contribution in [-0.2, 0) is 6.42 Å². The molecule has 0 spiro atoms. The number of aromatic nitrogens is 1. The summed E-state index contributed by atoms with van der Waals surface area (Å²) in [5.41, 5.74) is 1.45. The predicted molar refractivity (Wildman–Crippen MR) is 75.6 cm³/mol. The van der Waals surface area contributed by atoms with E-state index in [4.69, 9.17) is 0 Å². The van der Waals surface area contributed by atoms with Crippen molar-refractivity contribution in [2.45, 2.75) is 31.7 Å². The van der Waals surface area contributed by atoms with E-state index in [1.807, 2.05) is 12.4 Å². The van der Waals surface area contributed by atoms with Gasteiger partial charge in [0.15, 0.2) is 0 Å². The van der Waals surface area contributed by atoms with Crippen LogP contribution in [0.2, 0.25) is 0 Å². The van der Waals surface area contributed by atoms with Crippen molar-refractivity contribution in [1.82, 2.24) is 10.3 Å². The predicted octanol–water partition coefficient (Wildman–Crippen LogP) is 3.17. The van der Waals surface area contributed by atoms with Crippen molar-refractivity contribution in [3.05, 3.63) is 42.2 Å². The van der Waals surface area contributed by atoms with Crippen molar-refractivity contribution >= 4 is 10.8 Å². The summed E-state index contributed by atoms with van der Waals surface area (Å²) in [6.07, 6.45) is 9.06. The zero-order chi connectivity index (χ0) is 12.4. The third-order valence-electron chi connectivity index (χ3n) is 4.06. The SMILES string of the molecule is CNC(CCc1cccc2cnccc12)C1CC1. The van der Waals surface area contributed by atoms with Gasteiger partial charge in [-0.25, -0.2) is 0 Å². The molecule has 1 N–H and O–H groups in total. The highest BCUT2D eigenvalue weighted by Gasteiger charge is 2.29.